The van der Waals surface area contributed by atoms with E-state index in [1.807, 2.05) is 0 Å². The molecule has 1 atom stereocenters. The number of alkyl halides is 3. The standard InChI is InChI=1S/C11H11F3N2OS/c1-18-8(5-7-3-2-4-16-6-7)9(15)10(17)11(12,13)14/h2-4,6,8,15H,5H2,1H3. The van der Waals surface area contributed by atoms with Gasteiger partial charge in [-0.1, -0.05) is 6.07 Å². The monoisotopic (exact) mass is 276 g/mol. The first kappa shape index (κ1) is 14.7. The number of nitrogens with zero attached hydrogens (tertiary/aromatic N) is 1. The van der Waals surface area contributed by atoms with E-state index in [1.165, 1.54) is 6.20 Å². The van der Waals surface area contributed by atoms with E-state index in [0.29, 0.717) is 5.56 Å². The Labute approximate surface area is 106 Å². The summed E-state index contributed by atoms with van der Waals surface area (Å²) in [6.45, 7) is 0. The minimum absolute atomic E-state index is 0.176. The molecule has 0 bridgehead atoms. The van der Waals surface area contributed by atoms with E-state index in [0.717, 1.165) is 11.8 Å². The van der Waals surface area contributed by atoms with Gasteiger partial charge in [-0.2, -0.15) is 24.9 Å². The van der Waals surface area contributed by atoms with Crippen molar-refractivity contribution in [2.75, 3.05) is 6.26 Å². The molecular formula is C11H11F3N2OS. The number of ketones is 1. The van der Waals surface area contributed by atoms with Gasteiger partial charge in [-0.15, -0.1) is 0 Å². The Bertz CT molecular complexity index is 434. The number of nitrogens with one attached hydrogen (secondary N) is 1. The van der Waals surface area contributed by atoms with Crippen LogP contribution in [0.25, 0.3) is 0 Å². The van der Waals surface area contributed by atoms with E-state index in [1.54, 1.807) is 24.6 Å². The smallest absolute Gasteiger partial charge is 0.300 e. The number of carbonyl (C=O) groups excluding carboxylic acids is 1. The van der Waals surface area contributed by atoms with Crippen LogP contribution in [0.15, 0.2) is 24.5 Å². The minimum atomic E-state index is -4.99. The molecule has 1 rings (SSSR count). The van der Waals surface area contributed by atoms with Gasteiger partial charge in [0.05, 0.1) is 11.0 Å². The van der Waals surface area contributed by atoms with E-state index < -0.39 is 22.9 Å². The Kier molecular flexibility index (Phi) is 4.89. The second kappa shape index (κ2) is 5.99. The maximum atomic E-state index is 12.2. The van der Waals surface area contributed by atoms with Crippen molar-refractivity contribution in [3.8, 4) is 0 Å². The maximum Gasteiger partial charge on any atom is 0.456 e. The molecule has 0 saturated carbocycles. The molecule has 0 radical (unpaired) electrons. The number of hydrogen-bond acceptors (Lipinski definition) is 4. The van der Waals surface area contributed by atoms with Crippen LogP contribution in [0.1, 0.15) is 5.56 Å². The van der Waals surface area contributed by atoms with E-state index in [2.05, 4.69) is 4.98 Å². The summed E-state index contributed by atoms with van der Waals surface area (Å²) in [4.78, 5) is 14.8. The molecule has 1 aromatic heterocycles. The summed E-state index contributed by atoms with van der Waals surface area (Å²) in [5, 5.41) is 6.53. The lowest BCUT2D eigenvalue weighted by Gasteiger charge is -2.15. The third-order valence-electron chi connectivity index (χ3n) is 2.25. The van der Waals surface area contributed by atoms with Gasteiger partial charge >= 0.3 is 6.18 Å². The van der Waals surface area contributed by atoms with Crippen LogP contribution in [0.5, 0.6) is 0 Å². The molecule has 18 heavy (non-hydrogen) atoms. The summed E-state index contributed by atoms with van der Waals surface area (Å²) in [6, 6.07) is 3.35. The summed E-state index contributed by atoms with van der Waals surface area (Å²) in [5.74, 6) is -2.08. The van der Waals surface area contributed by atoms with Crippen LogP contribution in [0.3, 0.4) is 0 Å². The van der Waals surface area contributed by atoms with Gasteiger partial charge in [0.2, 0.25) is 0 Å². The summed E-state index contributed by atoms with van der Waals surface area (Å²) < 4.78 is 36.7. The number of Topliss-reactive ketones (excluding diaryl/α,β-unsaturated/α-hetero) is 1. The molecule has 0 aliphatic carbocycles. The van der Waals surface area contributed by atoms with E-state index in [9.17, 15) is 18.0 Å². The quantitative estimate of drug-likeness (QED) is 0.841. The number of halogens is 3. The fourth-order valence-corrected chi connectivity index (χ4v) is 2.04. The average molecular weight is 276 g/mol. The Hall–Kier alpha value is -1.37. The molecule has 0 fully saturated rings. The molecule has 0 saturated heterocycles. The molecule has 7 heteroatoms. The zero-order valence-corrected chi connectivity index (χ0v) is 10.3. The SMILES string of the molecule is CSC(Cc1cccnc1)C(=N)C(=O)C(F)(F)F. The van der Waals surface area contributed by atoms with Crippen molar-refractivity contribution in [2.45, 2.75) is 17.8 Å². The van der Waals surface area contributed by atoms with Crippen molar-refractivity contribution < 1.29 is 18.0 Å². The second-order valence-electron chi connectivity index (χ2n) is 3.53. The molecule has 1 aromatic rings. The van der Waals surface area contributed by atoms with Gasteiger partial charge < -0.3 is 5.41 Å². The molecule has 3 nitrogen and oxygen atoms in total. The zero-order chi connectivity index (χ0) is 13.8. The normalized spacial score (nSPS) is 13.1. The van der Waals surface area contributed by atoms with Crippen molar-refractivity contribution in [3.63, 3.8) is 0 Å². The molecule has 98 valence electrons. The third-order valence-corrected chi connectivity index (χ3v) is 3.22. The highest BCUT2D eigenvalue weighted by atomic mass is 32.2. The molecule has 0 aliphatic heterocycles. The molecule has 1 heterocycles. The first-order chi connectivity index (χ1) is 8.36. The predicted molar refractivity (Wildman–Crippen MR) is 64.0 cm³/mol. The van der Waals surface area contributed by atoms with Gasteiger partial charge in [0.1, 0.15) is 0 Å². The summed E-state index contributed by atoms with van der Waals surface area (Å²) in [6.07, 6.45) is -0.187. The van der Waals surface area contributed by atoms with Gasteiger partial charge in [-0.05, 0) is 24.3 Å². The van der Waals surface area contributed by atoms with Crippen molar-refractivity contribution in [1.29, 1.82) is 5.41 Å². The number of rotatable bonds is 5. The highest BCUT2D eigenvalue weighted by Gasteiger charge is 2.43. The summed E-state index contributed by atoms with van der Waals surface area (Å²) in [5.41, 5.74) is -0.226. The number of thioether (sulfide) groups is 1. The van der Waals surface area contributed by atoms with Crippen LogP contribution in [-0.4, -0.2) is 34.2 Å². The molecule has 0 aromatic carbocycles. The number of aromatic nitrogens is 1. The van der Waals surface area contributed by atoms with Crippen LogP contribution in [0.4, 0.5) is 13.2 Å². The van der Waals surface area contributed by atoms with Gasteiger partial charge in [0, 0.05) is 12.4 Å². The molecular weight excluding hydrogens is 265 g/mol. The Morgan fingerprint density at radius 1 is 1.56 bits per heavy atom. The average Bonchev–Trinajstić information content (AvgIpc) is 2.34. The number of carbonyl (C=O) groups is 1. The van der Waals surface area contributed by atoms with Crippen LogP contribution < -0.4 is 0 Å². The van der Waals surface area contributed by atoms with Crippen LogP contribution >= 0.6 is 11.8 Å². The van der Waals surface area contributed by atoms with E-state index >= 15 is 0 Å². The first-order valence-corrected chi connectivity index (χ1v) is 6.26. The van der Waals surface area contributed by atoms with Crippen LogP contribution in [0.2, 0.25) is 0 Å². The van der Waals surface area contributed by atoms with Crippen LogP contribution in [-0.2, 0) is 11.2 Å². The third kappa shape index (κ3) is 3.83. The summed E-state index contributed by atoms with van der Waals surface area (Å²) >= 11 is 1.04. The number of pyridine rings is 1. The first-order valence-electron chi connectivity index (χ1n) is 4.98. The predicted octanol–water partition coefficient (Wildman–Crippen LogP) is 2.51. The maximum absolute atomic E-state index is 12.2. The van der Waals surface area contributed by atoms with Crippen molar-refractivity contribution in [2.24, 2.45) is 0 Å². The van der Waals surface area contributed by atoms with Gasteiger partial charge in [0.25, 0.3) is 5.78 Å². The fraction of sp³-hybridized carbons (Fsp3) is 0.364. The lowest BCUT2D eigenvalue weighted by atomic mass is 10.1. The molecule has 1 N–H and O–H groups in total. The summed E-state index contributed by atoms with van der Waals surface area (Å²) in [7, 11) is 0. The Morgan fingerprint density at radius 3 is 2.67 bits per heavy atom. The van der Waals surface area contributed by atoms with Crippen molar-refractivity contribution >= 4 is 23.3 Å². The largest absolute Gasteiger partial charge is 0.456 e. The lowest BCUT2D eigenvalue weighted by molar-refractivity contribution is -0.163. The van der Waals surface area contributed by atoms with Gasteiger partial charge in [0.15, 0.2) is 0 Å². The second-order valence-corrected chi connectivity index (χ2v) is 4.57. The molecule has 0 amide bonds. The van der Waals surface area contributed by atoms with Crippen molar-refractivity contribution in [1.82, 2.24) is 4.98 Å². The van der Waals surface area contributed by atoms with E-state index in [-0.39, 0.29) is 6.42 Å². The fourth-order valence-electron chi connectivity index (χ4n) is 1.34. The molecule has 1 unspecified atom stereocenters. The molecule has 0 aliphatic rings. The number of hydrogen-bond donors (Lipinski definition) is 1. The molecule has 0 spiro atoms. The minimum Gasteiger partial charge on any atom is -0.300 e. The van der Waals surface area contributed by atoms with Gasteiger partial charge in [-0.3, -0.25) is 9.78 Å². The van der Waals surface area contributed by atoms with Crippen LogP contribution in [0, 0.1) is 5.41 Å². The highest BCUT2D eigenvalue weighted by molar-refractivity contribution is 8.00. The topological polar surface area (TPSA) is 53.8 Å². The van der Waals surface area contributed by atoms with Crippen molar-refractivity contribution in [3.05, 3.63) is 30.1 Å². The van der Waals surface area contributed by atoms with Gasteiger partial charge in [-0.25, -0.2) is 0 Å². The lowest BCUT2D eigenvalue weighted by Crippen LogP contribution is -2.37. The Balaban J connectivity index is 2.79. The Morgan fingerprint density at radius 2 is 2.22 bits per heavy atom. The zero-order valence-electron chi connectivity index (χ0n) is 9.49. The highest BCUT2D eigenvalue weighted by Crippen LogP contribution is 2.22. The van der Waals surface area contributed by atoms with E-state index in [4.69, 9.17) is 5.41 Å².